The van der Waals surface area contributed by atoms with Crippen LogP contribution >= 0.6 is 0 Å². The van der Waals surface area contributed by atoms with E-state index in [9.17, 15) is 9.59 Å². The van der Waals surface area contributed by atoms with Crippen molar-refractivity contribution in [2.45, 2.75) is 40.0 Å². The summed E-state index contributed by atoms with van der Waals surface area (Å²) < 4.78 is 0. The zero-order valence-corrected chi connectivity index (χ0v) is 12.3. The predicted octanol–water partition coefficient (Wildman–Crippen LogP) is 0.655. The molecule has 0 aromatic rings. The number of carbonyl (C=O) groups excluding carboxylic acids is 2. The zero-order chi connectivity index (χ0) is 14.3. The third-order valence-corrected chi connectivity index (χ3v) is 3.75. The van der Waals surface area contributed by atoms with Gasteiger partial charge >= 0.3 is 0 Å². The van der Waals surface area contributed by atoms with E-state index in [1.807, 2.05) is 20.8 Å². The Bertz CT molecular complexity index is 310. The molecule has 0 bridgehead atoms. The molecule has 1 rings (SSSR count). The van der Waals surface area contributed by atoms with Crippen LogP contribution in [0.4, 0.5) is 0 Å². The maximum atomic E-state index is 12.3. The number of nitrogens with one attached hydrogen (secondary N) is 3. The van der Waals surface area contributed by atoms with Crippen molar-refractivity contribution in [3.63, 3.8) is 0 Å². The average molecular weight is 269 g/mol. The maximum absolute atomic E-state index is 12.3. The van der Waals surface area contributed by atoms with E-state index in [2.05, 4.69) is 16.0 Å². The van der Waals surface area contributed by atoms with E-state index in [1.54, 1.807) is 0 Å². The van der Waals surface area contributed by atoms with Gasteiger partial charge in [0.25, 0.3) is 0 Å². The molecule has 5 heteroatoms. The van der Waals surface area contributed by atoms with E-state index < -0.39 is 0 Å². The minimum Gasteiger partial charge on any atom is -0.354 e. The Morgan fingerprint density at radius 1 is 1.32 bits per heavy atom. The Balaban J connectivity index is 2.38. The summed E-state index contributed by atoms with van der Waals surface area (Å²) in [4.78, 5) is 23.8. The molecule has 0 spiro atoms. The Labute approximate surface area is 115 Å². The first-order chi connectivity index (χ1) is 9.00. The number of hydrogen-bond donors (Lipinski definition) is 3. The lowest BCUT2D eigenvalue weighted by atomic mass is 9.77. The number of piperidine rings is 1. The fourth-order valence-electron chi connectivity index (χ4n) is 2.35. The molecule has 1 atom stereocenters. The van der Waals surface area contributed by atoms with Crippen molar-refractivity contribution in [3.05, 3.63) is 0 Å². The first kappa shape index (κ1) is 16.0. The second-order valence-electron chi connectivity index (χ2n) is 5.79. The van der Waals surface area contributed by atoms with Gasteiger partial charge in [0, 0.05) is 13.1 Å². The van der Waals surface area contributed by atoms with Crippen LogP contribution in [0.25, 0.3) is 0 Å². The lowest BCUT2D eigenvalue weighted by molar-refractivity contribution is -0.134. The topological polar surface area (TPSA) is 70.2 Å². The van der Waals surface area contributed by atoms with Crippen LogP contribution in [0.15, 0.2) is 0 Å². The summed E-state index contributed by atoms with van der Waals surface area (Å²) in [6.07, 6.45) is 2.72. The van der Waals surface area contributed by atoms with Gasteiger partial charge in [-0.15, -0.1) is 0 Å². The highest BCUT2D eigenvalue weighted by Crippen LogP contribution is 2.29. The molecule has 5 nitrogen and oxygen atoms in total. The summed E-state index contributed by atoms with van der Waals surface area (Å²) in [5.41, 5.74) is -0.337. The Morgan fingerprint density at radius 2 is 2.05 bits per heavy atom. The minimum atomic E-state index is -0.337. The summed E-state index contributed by atoms with van der Waals surface area (Å²) in [5, 5.41) is 8.85. The van der Waals surface area contributed by atoms with Gasteiger partial charge in [-0.25, -0.2) is 0 Å². The highest BCUT2D eigenvalue weighted by molar-refractivity contribution is 5.88. The van der Waals surface area contributed by atoms with Crippen LogP contribution in [0.1, 0.15) is 40.0 Å². The van der Waals surface area contributed by atoms with Crippen LogP contribution in [0, 0.1) is 11.3 Å². The van der Waals surface area contributed by atoms with Gasteiger partial charge in [0.2, 0.25) is 11.8 Å². The first-order valence-electron chi connectivity index (χ1n) is 7.26. The first-order valence-corrected chi connectivity index (χ1v) is 7.26. The summed E-state index contributed by atoms with van der Waals surface area (Å²) in [6.45, 7) is 8.53. The van der Waals surface area contributed by atoms with E-state index >= 15 is 0 Å². The Morgan fingerprint density at radius 3 is 2.58 bits per heavy atom. The van der Waals surface area contributed by atoms with Gasteiger partial charge in [0.05, 0.1) is 12.0 Å². The molecule has 1 aliphatic rings. The van der Waals surface area contributed by atoms with Gasteiger partial charge in [-0.3, -0.25) is 9.59 Å². The molecule has 3 N–H and O–H groups in total. The number of carbonyl (C=O) groups is 2. The smallest absolute Gasteiger partial charge is 0.239 e. The molecule has 1 heterocycles. The summed E-state index contributed by atoms with van der Waals surface area (Å²) >= 11 is 0. The molecule has 1 fully saturated rings. The van der Waals surface area contributed by atoms with Crippen molar-refractivity contribution < 1.29 is 9.59 Å². The fraction of sp³-hybridized carbons (Fsp3) is 0.857. The largest absolute Gasteiger partial charge is 0.354 e. The van der Waals surface area contributed by atoms with Crippen LogP contribution in [-0.4, -0.2) is 38.0 Å². The van der Waals surface area contributed by atoms with E-state index in [-0.39, 0.29) is 23.8 Å². The second-order valence-corrected chi connectivity index (χ2v) is 5.79. The monoisotopic (exact) mass is 269 g/mol. The third kappa shape index (κ3) is 4.82. The third-order valence-electron chi connectivity index (χ3n) is 3.75. The molecule has 0 aromatic heterocycles. The molecule has 0 aromatic carbocycles. The van der Waals surface area contributed by atoms with Crippen molar-refractivity contribution in [2.24, 2.45) is 11.3 Å². The van der Waals surface area contributed by atoms with Crippen molar-refractivity contribution in [1.29, 1.82) is 0 Å². The molecule has 0 saturated carbocycles. The van der Waals surface area contributed by atoms with E-state index in [4.69, 9.17) is 0 Å². The molecule has 0 aliphatic carbocycles. The minimum absolute atomic E-state index is 0.00176. The molecule has 19 heavy (non-hydrogen) atoms. The quantitative estimate of drug-likeness (QED) is 0.663. The molecule has 2 amide bonds. The maximum Gasteiger partial charge on any atom is 0.239 e. The standard InChI is InChI=1S/C14H27N3O2/c1-4-14(6-5-7-15-10-14)13(19)17-9-12(18)16-8-11(2)3/h11,15H,4-10H2,1-3H3,(H,16,18)(H,17,19). The Kier molecular flexibility index (Phi) is 6.28. The molecule has 1 aliphatic heterocycles. The van der Waals surface area contributed by atoms with Crippen molar-refractivity contribution in [1.82, 2.24) is 16.0 Å². The zero-order valence-electron chi connectivity index (χ0n) is 12.3. The molecule has 1 unspecified atom stereocenters. The Hall–Kier alpha value is -1.10. The lowest BCUT2D eigenvalue weighted by Gasteiger charge is -2.35. The molecule has 1 saturated heterocycles. The predicted molar refractivity (Wildman–Crippen MR) is 75.7 cm³/mol. The van der Waals surface area contributed by atoms with Gasteiger partial charge < -0.3 is 16.0 Å². The van der Waals surface area contributed by atoms with E-state index in [0.717, 1.165) is 25.8 Å². The summed E-state index contributed by atoms with van der Waals surface area (Å²) in [5.74, 6) is 0.308. The van der Waals surface area contributed by atoms with Crippen LogP contribution in [-0.2, 0) is 9.59 Å². The molecule has 0 radical (unpaired) electrons. The van der Waals surface area contributed by atoms with Gasteiger partial charge in [-0.05, 0) is 31.7 Å². The SMILES string of the molecule is CCC1(C(=O)NCC(=O)NCC(C)C)CCCNC1. The molecular weight excluding hydrogens is 242 g/mol. The van der Waals surface area contributed by atoms with Crippen LogP contribution < -0.4 is 16.0 Å². The van der Waals surface area contributed by atoms with Crippen LogP contribution in [0.5, 0.6) is 0 Å². The van der Waals surface area contributed by atoms with E-state index in [0.29, 0.717) is 19.0 Å². The van der Waals surface area contributed by atoms with Gasteiger partial charge in [0.15, 0.2) is 0 Å². The van der Waals surface area contributed by atoms with Crippen molar-refractivity contribution in [2.75, 3.05) is 26.2 Å². The number of hydrogen-bond acceptors (Lipinski definition) is 3. The van der Waals surface area contributed by atoms with Crippen LogP contribution in [0.3, 0.4) is 0 Å². The van der Waals surface area contributed by atoms with Crippen LogP contribution in [0.2, 0.25) is 0 Å². The fourth-order valence-corrected chi connectivity index (χ4v) is 2.35. The number of rotatable bonds is 6. The van der Waals surface area contributed by atoms with Gasteiger partial charge in [-0.1, -0.05) is 20.8 Å². The van der Waals surface area contributed by atoms with E-state index in [1.165, 1.54) is 0 Å². The van der Waals surface area contributed by atoms with Crippen molar-refractivity contribution in [3.8, 4) is 0 Å². The normalized spacial score (nSPS) is 23.2. The second kappa shape index (κ2) is 7.48. The average Bonchev–Trinajstić information content (AvgIpc) is 2.43. The molecule has 110 valence electrons. The van der Waals surface area contributed by atoms with Gasteiger partial charge in [0.1, 0.15) is 0 Å². The highest BCUT2D eigenvalue weighted by Gasteiger charge is 2.37. The van der Waals surface area contributed by atoms with Crippen molar-refractivity contribution >= 4 is 11.8 Å². The summed E-state index contributed by atoms with van der Waals surface area (Å²) in [6, 6.07) is 0. The van der Waals surface area contributed by atoms with Gasteiger partial charge in [-0.2, -0.15) is 0 Å². The lowest BCUT2D eigenvalue weighted by Crippen LogP contribution is -2.52. The highest BCUT2D eigenvalue weighted by atomic mass is 16.2. The number of amides is 2. The summed E-state index contributed by atoms with van der Waals surface area (Å²) in [7, 11) is 0. The molecular formula is C14H27N3O2.